The van der Waals surface area contributed by atoms with Crippen LogP contribution in [0, 0.1) is 6.92 Å². The molecule has 1 saturated heterocycles. The van der Waals surface area contributed by atoms with Crippen molar-refractivity contribution in [3.8, 4) is 5.75 Å². The molecule has 128 valence electrons. The molecule has 0 radical (unpaired) electrons. The first-order chi connectivity index (χ1) is 11.6. The van der Waals surface area contributed by atoms with Crippen LogP contribution >= 0.6 is 0 Å². The van der Waals surface area contributed by atoms with Crippen LogP contribution < -0.4 is 0 Å². The van der Waals surface area contributed by atoms with Crippen LogP contribution in [0.3, 0.4) is 0 Å². The molecular formula is C22H30NO+. The molecule has 0 bridgehead atoms. The number of aromatic hydroxyl groups is 1. The van der Waals surface area contributed by atoms with Gasteiger partial charge < -0.3 is 9.59 Å². The van der Waals surface area contributed by atoms with E-state index < -0.39 is 0 Å². The normalized spacial score (nSPS) is 18.2. The highest BCUT2D eigenvalue weighted by molar-refractivity contribution is 5.43. The molecule has 0 amide bonds. The maximum Gasteiger partial charge on any atom is 0.119 e. The van der Waals surface area contributed by atoms with Gasteiger partial charge in [0.15, 0.2) is 0 Å². The smallest absolute Gasteiger partial charge is 0.119 e. The molecule has 2 aromatic carbocycles. The number of phenolic OH excluding ortho intramolecular Hbond substituents is 1. The fourth-order valence-electron chi connectivity index (χ4n) is 4.08. The Morgan fingerprint density at radius 2 is 1.71 bits per heavy atom. The molecule has 1 fully saturated rings. The van der Waals surface area contributed by atoms with Gasteiger partial charge in [0.2, 0.25) is 0 Å². The fourth-order valence-corrected chi connectivity index (χ4v) is 4.08. The highest BCUT2D eigenvalue weighted by Crippen LogP contribution is 2.35. The van der Waals surface area contributed by atoms with Crippen molar-refractivity contribution < 1.29 is 9.59 Å². The highest BCUT2D eigenvalue weighted by Gasteiger charge is 2.27. The Morgan fingerprint density at radius 3 is 2.42 bits per heavy atom. The minimum atomic E-state index is 0.267. The number of benzene rings is 2. The van der Waals surface area contributed by atoms with Gasteiger partial charge in [-0.15, -0.1) is 0 Å². The summed E-state index contributed by atoms with van der Waals surface area (Å²) in [5.41, 5.74) is 3.59. The Hall–Kier alpha value is -1.80. The third-order valence-electron chi connectivity index (χ3n) is 5.61. The second-order valence-electron chi connectivity index (χ2n) is 7.67. The number of nitrogens with zero attached hydrogens (tertiary/aromatic N) is 1. The van der Waals surface area contributed by atoms with Crippen LogP contribution in [0.25, 0.3) is 0 Å². The van der Waals surface area contributed by atoms with Crippen LogP contribution in [0.5, 0.6) is 5.75 Å². The minimum Gasteiger partial charge on any atom is -0.508 e. The summed E-state index contributed by atoms with van der Waals surface area (Å²) in [6.45, 7) is 5.86. The van der Waals surface area contributed by atoms with E-state index in [9.17, 15) is 5.11 Å². The molecule has 1 aliphatic rings. The highest BCUT2D eigenvalue weighted by atomic mass is 16.3. The van der Waals surface area contributed by atoms with E-state index >= 15 is 0 Å². The SMILES string of the molecule is Cc1ccc(O)c(C(CC[N+]2(C)CCCCC2)c2ccccc2)c1. The van der Waals surface area contributed by atoms with Crippen molar-refractivity contribution in [2.75, 3.05) is 26.7 Å². The van der Waals surface area contributed by atoms with E-state index in [1.807, 2.05) is 12.1 Å². The first kappa shape index (κ1) is 17.0. The maximum absolute atomic E-state index is 10.5. The molecule has 0 aliphatic carbocycles. The van der Waals surface area contributed by atoms with Crippen LogP contribution in [-0.4, -0.2) is 36.3 Å². The van der Waals surface area contributed by atoms with Crippen LogP contribution in [0.1, 0.15) is 48.3 Å². The number of likely N-dealkylation sites (tertiary alicyclic amines) is 1. The van der Waals surface area contributed by atoms with Gasteiger partial charge in [0.1, 0.15) is 5.75 Å². The zero-order valence-corrected chi connectivity index (χ0v) is 15.0. The summed E-state index contributed by atoms with van der Waals surface area (Å²) in [6.07, 6.45) is 5.16. The van der Waals surface area contributed by atoms with Crippen molar-refractivity contribution in [1.82, 2.24) is 0 Å². The zero-order chi connectivity index (χ0) is 17.0. The number of hydrogen-bond acceptors (Lipinski definition) is 1. The second-order valence-corrected chi connectivity index (χ2v) is 7.67. The van der Waals surface area contributed by atoms with Crippen LogP contribution in [0.2, 0.25) is 0 Å². The number of hydrogen-bond donors (Lipinski definition) is 1. The van der Waals surface area contributed by atoms with Crippen molar-refractivity contribution in [1.29, 1.82) is 0 Å². The molecule has 0 saturated carbocycles. The lowest BCUT2D eigenvalue weighted by Crippen LogP contribution is -2.48. The number of quaternary nitrogens is 1. The van der Waals surface area contributed by atoms with Gasteiger partial charge >= 0.3 is 0 Å². The van der Waals surface area contributed by atoms with E-state index in [1.165, 1.54) is 54.5 Å². The quantitative estimate of drug-likeness (QED) is 0.779. The lowest BCUT2D eigenvalue weighted by molar-refractivity contribution is -0.914. The van der Waals surface area contributed by atoms with Crippen LogP contribution in [0.4, 0.5) is 0 Å². The molecule has 1 aliphatic heterocycles. The van der Waals surface area contributed by atoms with E-state index in [4.69, 9.17) is 0 Å². The van der Waals surface area contributed by atoms with Crippen molar-refractivity contribution in [3.63, 3.8) is 0 Å². The predicted octanol–water partition coefficient (Wildman–Crippen LogP) is 4.85. The van der Waals surface area contributed by atoms with Crippen molar-refractivity contribution in [2.24, 2.45) is 0 Å². The Morgan fingerprint density at radius 1 is 1.00 bits per heavy atom. The monoisotopic (exact) mass is 324 g/mol. The van der Waals surface area contributed by atoms with Crippen LogP contribution in [0.15, 0.2) is 48.5 Å². The molecule has 3 rings (SSSR count). The zero-order valence-electron chi connectivity index (χ0n) is 15.0. The largest absolute Gasteiger partial charge is 0.508 e. The molecule has 24 heavy (non-hydrogen) atoms. The lowest BCUT2D eigenvalue weighted by Gasteiger charge is -2.39. The van der Waals surface area contributed by atoms with Gasteiger partial charge in [0.05, 0.1) is 26.7 Å². The van der Waals surface area contributed by atoms with Crippen molar-refractivity contribution in [3.05, 3.63) is 65.2 Å². The third-order valence-corrected chi connectivity index (χ3v) is 5.61. The average molecular weight is 324 g/mol. The Balaban J connectivity index is 1.87. The van der Waals surface area contributed by atoms with Gasteiger partial charge in [0, 0.05) is 17.9 Å². The maximum atomic E-state index is 10.5. The molecular weight excluding hydrogens is 294 g/mol. The minimum absolute atomic E-state index is 0.267. The van der Waals surface area contributed by atoms with E-state index in [1.54, 1.807) is 0 Å². The molecule has 0 aromatic heterocycles. The molecule has 2 heteroatoms. The molecule has 1 N–H and O–H groups in total. The Labute approximate surface area is 146 Å². The number of aryl methyl sites for hydroxylation is 1. The van der Waals surface area contributed by atoms with Gasteiger partial charge in [-0.05, 0) is 37.8 Å². The summed E-state index contributed by atoms with van der Waals surface area (Å²) in [7, 11) is 2.40. The first-order valence-electron chi connectivity index (χ1n) is 9.25. The molecule has 1 unspecified atom stereocenters. The molecule has 1 atom stereocenters. The third kappa shape index (κ3) is 3.99. The van der Waals surface area contributed by atoms with Gasteiger partial charge in [-0.25, -0.2) is 0 Å². The lowest BCUT2D eigenvalue weighted by atomic mass is 9.86. The number of phenols is 1. The summed E-state index contributed by atoms with van der Waals surface area (Å²) in [6, 6.07) is 16.7. The Kier molecular flexibility index (Phi) is 5.25. The molecule has 2 nitrogen and oxygen atoms in total. The molecule has 0 spiro atoms. The standard InChI is InChI=1S/C22H29NO/c1-18-11-12-22(24)21(17-18)20(19-9-5-3-6-10-19)13-16-23(2)14-7-4-8-15-23/h3,5-6,9-12,17,20H,4,7-8,13-16H2,1-2H3/p+1. The van der Waals surface area contributed by atoms with E-state index in [0.29, 0.717) is 5.75 Å². The first-order valence-corrected chi connectivity index (χ1v) is 9.25. The summed E-state index contributed by atoms with van der Waals surface area (Å²) in [5.74, 6) is 0.693. The fraction of sp³-hybridized carbons (Fsp3) is 0.455. The van der Waals surface area contributed by atoms with Gasteiger partial charge in [0.25, 0.3) is 0 Å². The van der Waals surface area contributed by atoms with Gasteiger partial charge in [-0.2, -0.15) is 0 Å². The van der Waals surface area contributed by atoms with Crippen molar-refractivity contribution >= 4 is 0 Å². The van der Waals surface area contributed by atoms with Crippen molar-refractivity contribution in [2.45, 2.75) is 38.5 Å². The average Bonchev–Trinajstić information content (AvgIpc) is 2.59. The molecule has 2 aromatic rings. The summed E-state index contributed by atoms with van der Waals surface area (Å²) < 4.78 is 1.18. The summed E-state index contributed by atoms with van der Waals surface area (Å²) in [4.78, 5) is 0. The summed E-state index contributed by atoms with van der Waals surface area (Å²) in [5, 5.41) is 10.5. The van der Waals surface area contributed by atoms with Gasteiger partial charge in [-0.1, -0.05) is 48.0 Å². The van der Waals surface area contributed by atoms with E-state index in [0.717, 1.165) is 12.0 Å². The van der Waals surface area contributed by atoms with Crippen LogP contribution in [-0.2, 0) is 0 Å². The summed E-state index contributed by atoms with van der Waals surface area (Å²) >= 11 is 0. The topological polar surface area (TPSA) is 20.2 Å². The van der Waals surface area contributed by atoms with E-state index in [2.05, 4.69) is 50.4 Å². The second kappa shape index (κ2) is 7.40. The van der Waals surface area contributed by atoms with E-state index in [-0.39, 0.29) is 5.92 Å². The number of piperidine rings is 1. The Bertz CT molecular complexity index is 659. The molecule has 1 heterocycles. The number of rotatable bonds is 5. The van der Waals surface area contributed by atoms with Gasteiger partial charge in [-0.3, -0.25) is 0 Å². The predicted molar refractivity (Wildman–Crippen MR) is 100 cm³/mol.